The van der Waals surface area contributed by atoms with E-state index in [1.807, 2.05) is 27.7 Å². The average molecular weight is 285 g/mol. The molecule has 1 fully saturated rings. The van der Waals surface area contributed by atoms with Crippen LogP contribution < -0.4 is 5.32 Å². The van der Waals surface area contributed by atoms with Crippen LogP contribution in [-0.2, 0) is 9.53 Å². The quantitative estimate of drug-likeness (QED) is 0.817. The van der Waals surface area contributed by atoms with Crippen LogP contribution in [0.15, 0.2) is 0 Å². The van der Waals surface area contributed by atoms with Crippen LogP contribution in [-0.4, -0.2) is 67.2 Å². The van der Waals surface area contributed by atoms with E-state index in [1.165, 1.54) is 0 Å². The van der Waals surface area contributed by atoms with Crippen LogP contribution in [0, 0.1) is 5.92 Å². The zero-order valence-corrected chi connectivity index (χ0v) is 13.0. The van der Waals surface area contributed by atoms with Crippen molar-refractivity contribution in [3.63, 3.8) is 0 Å². The number of carbonyl (C=O) groups excluding carboxylic acids is 2. The summed E-state index contributed by atoms with van der Waals surface area (Å²) in [5, 5.41) is 2.87. The first kappa shape index (κ1) is 16.8. The van der Waals surface area contributed by atoms with Crippen molar-refractivity contribution in [3.05, 3.63) is 0 Å². The average Bonchev–Trinajstić information content (AvgIpc) is 2.46. The predicted octanol–water partition coefficient (Wildman–Crippen LogP) is 0.921. The highest BCUT2D eigenvalue weighted by Gasteiger charge is 2.30. The highest BCUT2D eigenvalue weighted by Crippen LogP contribution is 2.09. The third kappa shape index (κ3) is 4.37. The third-order valence-corrected chi connectivity index (χ3v) is 3.59. The first-order valence-electron chi connectivity index (χ1n) is 7.43. The van der Waals surface area contributed by atoms with Crippen LogP contribution in [0.3, 0.4) is 0 Å². The summed E-state index contributed by atoms with van der Waals surface area (Å²) in [5.41, 5.74) is 0. The molecule has 6 nitrogen and oxygen atoms in total. The molecule has 0 bridgehead atoms. The fourth-order valence-corrected chi connectivity index (χ4v) is 2.23. The number of hydrogen-bond donors (Lipinski definition) is 1. The minimum Gasteiger partial charge on any atom is -0.378 e. The lowest BCUT2D eigenvalue weighted by atomic mass is 10.0. The van der Waals surface area contributed by atoms with Gasteiger partial charge in [-0.3, -0.25) is 4.79 Å². The van der Waals surface area contributed by atoms with Gasteiger partial charge >= 0.3 is 6.03 Å². The Morgan fingerprint density at radius 2 is 1.75 bits per heavy atom. The molecule has 1 heterocycles. The molecular weight excluding hydrogens is 258 g/mol. The zero-order valence-electron chi connectivity index (χ0n) is 13.0. The van der Waals surface area contributed by atoms with Crippen molar-refractivity contribution in [1.29, 1.82) is 0 Å². The van der Waals surface area contributed by atoms with Crippen molar-refractivity contribution >= 4 is 11.9 Å². The summed E-state index contributed by atoms with van der Waals surface area (Å²) < 4.78 is 5.25. The largest absolute Gasteiger partial charge is 0.378 e. The number of carbonyl (C=O) groups is 2. The fourth-order valence-electron chi connectivity index (χ4n) is 2.23. The van der Waals surface area contributed by atoms with Crippen molar-refractivity contribution in [2.24, 2.45) is 5.92 Å². The zero-order chi connectivity index (χ0) is 15.1. The van der Waals surface area contributed by atoms with E-state index in [2.05, 4.69) is 5.32 Å². The molecule has 116 valence electrons. The van der Waals surface area contributed by atoms with E-state index in [0.717, 1.165) is 0 Å². The molecule has 0 unspecified atom stereocenters. The minimum absolute atomic E-state index is 0.0104. The lowest BCUT2D eigenvalue weighted by Gasteiger charge is -2.33. The van der Waals surface area contributed by atoms with Gasteiger partial charge in [0.2, 0.25) is 5.91 Å². The van der Waals surface area contributed by atoms with Crippen LogP contribution in [0.2, 0.25) is 0 Å². The van der Waals surface area contributed by atoms with Crippen LogP contribution >= 0.6 is 0 Å². The Kier molecular flexibility index (Phi) is 6.78. The van der Waals surface area contributed by atoms with Crippen molar-refractivity contribution in [2.75, 3.05) is 39.4 Å². The number of morpholine rings is 1. The molecule has 6 heteroatoms. The Bertz CT molecular complexity index is 324. The van der Waals surface area contributed by atoms with Gasteiger partial charge in [-0.25, -0.2) is 4.79 Å². The van der Waals surface area contributed by atoms with Gasteiger partial charge in [-0.1, -0.05) is 13.8 Å². The lowest BCUT2D eigenvalue weighted by Crippen LogP contribution is -2.56. The second-order valence-corrected chi connectivity index (χ2v) is 5.28. The molecule has 0 saturated carbocycles. The van der Waals surface area contributed by atoms with E-state index in [9.17, 15) is 9.59 Å². The number of nitrogens with one attached hydrogen (secondary N) is 1. The third-order valence-electron chi connectivity index (χ3n) is 3.59. The van der Waals surface area contributed by atoms with Crippen molar-refractivity contribution in [2.45, 2.75) is 33.7 Å². The van der Waals surface area contributed by atoms with Gasteiger partial charge in [0.15, 0.2) is 0 Å². The summed E-state index contributed by atoms with van der Waals surface area (Å²) >= 11 is 0. The normalized spacial score (nSPS) is 16.9. The molecule has 1 saturated heterocycles. The number of ether oxygens (including phenoxy) is 1. The first-order chi connectivity index (χ1) is 9.51. The standard InChI is InChI=1S/C14H27N3O3/c1-5-16(6-2)14(19)15-12(11(3)4)13(18)17-7-9-20-10-8-17/h11-12H,5-10H2,1-4H3,(H,15,19)/t12-/m0/s1. The summed E-state index contributed by atoms with van der Waals surface area (Å²) in [6, 6.07) is -0.642. The highest BCUT2D eigenvalue weighted by molar-refractivity contribution is 5.87. The van der Waals surface area contributed by atoms with E-state index in [0.29, 0.717) is 39.4 Å². The highest BCUT2D eigenvalue weighted by atomic mass is 16.5. The van der Waals surface area contributed by atoms with Gasteiger partial charge in [0, 0.05) is 26.2 Å². The van der Waals surface area contributed by atoms with E-state index in [-0.39, 0.29) is 17.9 Å². The summed E-state index contributed by atoms with van der Waals surface area (Å²) in [6.45, 7) is 11.4. The Morgan fingerprint density at radius 3 is 2.20 bits per heavy atom. The molecule has 20 heavy (non-hydrogen) atoms. The van der Waals surface area contributed by atoms with Gasteiger partial charge < -0.3 is 19.9 Å². The molecular formula is C14H27N3O3. The molecule has 0 radical (unpaired) electrons. The predicted molar refractivity (Wildman–Crippen MR) is 77.5 cm³/mol. The van der Waals surface area contributed by atoms with Crippen molar-refractivity contribution in [3.8, 4) is 0 Å². The Hall–Kier alpha value is -1.30. The summed E-state index contributed by atoms with van der Waals surface area (Å²) in [7, 11) is 0. The van der Waals surface area contributed by atoms with E-state index in [1.54, 1.807) is 9.80 Å². The Balaban J connectivity index is 2.68. The maximum absolute atomic E-state index is 12.5. The van der Waals surface area contributed by atoms with E-state index < -0.39 is 6.04 Å². The van der Waals surface area contributed by atoms with E-state index in [4.69, 9.17) is 4.74 Å². The molecule has 0 aromatic heterocycles. The second kappa shape index (κ2) is 8.09. The monoisotopic (exact) mass is 285 g/mol. The molecule has 1 N–H and O–H groups in total. The van der Waals surface area contributed by atoms with Gasteiger partial charge in [0.05, 0.1) is 13.2 Å². The van der Waals surface area contributed by atoms with Gasteiger partial charge in [-0.05, 0) is 19.8 Å². The number of amides is 3. The number of hydrogen-bond acceptors (Lipinski definition) is 3. The summed E-state index contributed by atoms with van der Waals surface area (Å²) in [5.74, 6) is 0.0497. The fraction of sp³-hybridized carbons (Fsp3) is 0.857. The van der Waals surface area contributed by atoms with Gasteiger partial charge in [-0.15, -0.1) is 0 Å². The van der Waals surface area contributed by atoms with Gasteiger partial charge in [0.1, 0.15) is 6.04 Å². The van der Waals surface area contributed by atoms with Crippen LogP contribution in [0.25, 0.3) is 0 Å². The molecule has 0 spiro atoms. The molecule has 0 aliphatic carbocycles. The topological polar surface area (TPSA) is 61.9 Å². The number of nitrogens with zero attached hydrogens (tertiary/aromatic N) is 2. The van der Waals surface area contributed by atoms with E-state index >= 15 is 0 Å². The van der Waals surface area contributed by atoms with Gasteiger partial charge in [-0.2, -0.15) is 0 Å². The number of urea groups is 1. The van der Waals surface area contributed by atoms with Gasteiger partial charge in [0.25, 0.3) is 0 Å². The molecule has 3 amide bonds. The molecule has 1 atom stereocenters. The SMILES string of the molecule is CCN(CC)C(=O)N[C@H](C(=O)N1CCOCC1)C(C)C. The minimum atomic E-state index is -0.471. The summed E-state index contributed by atoms with van der Waals surface area (Å²) in [6.07, 6.45) is 0. The summed E-state index contributed by atoms with van der Waals surface area (Å²) in [4.78, 5) is 28.1. The van der Waals surface area contributed by atoms with Crippen molar-refractivity contribution < 1.29 is 14.3 Å². The van der Waals surface area contributed by atoms with Crippen LogP contribution in [0.4, 0.5) is 4.79 Å². The maximum atomic E-state index is 12.5. The maximum Gasteiger partial charge on any atom is 0.318 e. The van der Waals surface area contributed by atoms with Crippen molar-refractivity contribution in [1.82, 2.24) is 15.1 Å². The molecule has 0 aromatic carbocycles. The molecule has 1 aliphatic heterocycles. The van der Waals surface area contributed by atoms with Crippen LogP contribution in [0.1, 0.15) is 27.7 Å². The van der Waals surface area contributed by atoms with Crippen LogP contribution in [0.5, 0.6) is 0 Å². The Morgan fingerprint density at radius 1 is 1.20 bits per heavy atom. The Labute approximate surface area is 121 Å². The molecule has 1 aliphatic rings. The second-order valence-electron chi connectivity index (χ2n) is 5.28. The lowest BCUT2D eigenvalue weighted by molar-refractivity contribution is -0.138. The molecule has 0 aromatic rings. The molecule has 1 rings (SSSR count). The number of rotatable bonds is 5. The first-order valence-corrected chi connectivity index (χ1v) is 7.43. The smallest absolute Gasteiger partial charge is 0.318 e.